The quantitative estimate of drug-likeness (QED) is 0.877. The molecule has 0 saturated heterocycles. The maximum Gasteiger partial charge on any atom is 0.140 e. The Morgan fingerprint density at radius 2 is 2.00 bits per heavy atom. The number of nitrogens with zero attached hydrogens (tertiary/aromatic N) is 2. The van der Waals surface area contributed by atoms with Gasteiger partial charge in [0, 0.05) is 22.0 Å². The average molecular weight is 335 g/mol. The number of benzene rings is 1. The minimum atomic E-state index is 0.451. The Balaban J connectivity index is 2.02. The molecule has 0 aliphatic heterocycles. The monoisotopic (exact) mass is 335 g/mol. The molecule has 3 nitrogen and oxygen atoms in total. The van der Waals surface area contributed by atoms with Crippen molar-refractivity contribution in [2.45, 2.75) is 6.54 Å². The summed E-state index contributed by atoms with van der Waals surface area (Å²) in [5.41, 5.74) is 2.57. The lowest BCUT2D eigenvalue weighted by atomic mass is 10.2. The van der Waals surface area contributed by atoms with Crippen molar-refractivity contribution >= 4 is 28.3 Å². The van der Waals surface area contributed by atoms with E-state index in [-0.39, 0.29) is 0 Å². The van der Waals surface area contributed by atoms with Gasteiger partial charge in [0.2, 0.25) is 0 Å². The van der Waals surface area contributed by atoms with Gasteiger partial charge in [-0.3, -0.25) is 0 Å². The summed E-state index contributed by atoms with van der Waals surface area (Å²) >= 11 is 2.27. The molecule has 0 spiro atoms. The molecule has 1 heterocycles. The number of hydrogen-bond donors (Lipinski definition) is 1. The normalized spacial score (nSPS) is 9.65. The van der Waals surface area contributed by atoms with E-state index in [1.165, 1.54) is 3.57 Å². The van der Waals surface area contributed by atoms with Crippen molar-refractivity contribution < 1.29 is 0 Å². The zero-order valence-electron chi connectivity index (χ0n) is 9.02. The van der Waals surface area contributed by atoms with Crippen LogP contribution in [0.2, 0.25) is 0 Å². The molecule has 0 aliphatic carbocycles. The first-order chi connectivity index (χ1) is 8.28. The van der Waals surface area contributed by atoms with Crippen LogP contribution in [0, 0.1) is 14.9 Å². The number of halogens is 1. The van der Waals surface area contributed by atoms with Crippen molar-refractivity contribution in [1.82, 2.24) is 4.98 Å². The van der Waals surface area contributed by atoms with E-state index in [2.05, 4.69) is 45.0 Å². The van der Waals surface area contributed by atoms with Gasteiger partial charge in [0.25, 0.3) is 0 Å². The molecular weight excluding hydrogens is 325 g/mol. The van der Waals surface area contributed by atoms with Crippen LogP contribution < -0.4 is 5.32 Å². The Kier molecular flexibility index (Phi) is 3.94. The van der Waals surface area contributed by atoms with E-state index in [1.807, 2.05) is 24.3 Å². The van der Waals surface area contributed by atoms with Crippen molar-refractivity contribution in [1.29, 1.82) is 5.26 Å². The van der Waals surface area contributed by atoms with Crippen LogP contribution in [-0.2, 0) is 6.54 Å². The topological polar surface area (TPSA) is 48.7 Å². The van der Waals surface area contributed by atoms with Crippen molar-refractivity contribution in [2.24, 2.45) is 0 Å². The van der Waals surface area contributed by atoms with Crippen LogP contribution in [0.25, 0.3) is 0 Å². The Bertz CT molecular complexity index is 543. The van der Waals surface area contributed by atoms with Gasteiger partial charge in [0.15, 0.2) is 0 Å². The van der Waals surface area contributed by atoms with Crippen LogP contribution >= 0.6 is 22.6 Å². The van der Waals surface area contributed by atoms with Crippen molar-refractivity contribution in [3.63, 3.8) is 0 Å². The largest absolute Gasteiger partial charge is 0.381 e. The van der Waals surface area contributed by atoms with Gasteiger partial charge in [-0.05, 0) is 64.6 Å². The predicted molar refractivity (Wildman–Crippen MR) is 75.4 cm³/mol. The molecule has 1 aromatic heterocycles. The lowest BCUT2D eigenvalue weighted by Crippen LogP contribution is -2.00. The number of hydrogen-bond acceptors (Lipinski definition) is 3. The highest BCUT2D eigenvalue weighted by Crippen LogP contribution is 2.12. The third-order valence-electron chi connectivity index (χ3n) is 2.28. The van der Waals surface area contributed by atoms with Gasteiger partial charge in [-0.2, -0.15) is 5.26 Å². The molecule has 1 N–H and O–H groups in total. The summed E-state index contributed by atoms with van der Waals surface area (Å²) in [6.45, 7) is 0.692. The molecule has 0 saturated carbocycles. The molecule has 2 aromatic rings. The second kappa shape index (κ2) is 5.64. The van der Waals surface area contributed by atoms with Gasteiger partial charge in [-0.25, -0.2) is 4.98 Å². The molecule has 0 atom stereocenters. The van der Waals surface area contributed by atoms with Crippen molar-refractivity contribution in [3.05, 3.63) is 57.4 Å². The highest BCUT2D eigenvalue weighted by Gasteiger charge is 1.97. The predicted octanol–water partition coefficient (Wildman–Crippen LogP) is 3.17. The summed E-state index contributed by atoms with van der Waals surface area (Å²) in [5.74, 6) is 0. The van der Waals surface area contributed by atoms with Gasteiger partial charge >= 0.3 is 0 Å². The van der Waals surface area contributed by atoms with Crippen LogP contribution in [0.3, 0.4) is 0 Å². The fraction of sp³-hybridized carbons (Fsp3) is 0.0769. The van der Waals surface area contributed by atoms with Gasteiger partial charge < -0.3 is 5.32 Å². The minimum absolute atomic E-state index is 0.451. The number of rotatable bonds is 3. The summed E-state index contributed by atoms with van der Waals surface area (Å²) < 4.78 is 1.21. The molecule has 1 aromatic carbocycles. The Morgan fingerprint density at radius 3 is 2.71 bits per heavy atom. The second-order valence-corrected chi connectivity index (χ2v) is 4.77. The van der Waals surface area contributed by atoms with E-state index in [9.17, 15) is 0 Å². The second-order valence-electron chi connectivity index (χ2n) is 3.52. The Hall–Kier alpha value is -1.61. The summed E-state index contributed by atoms with van der Waals surface area (Å²) in [7, 11) is 0. The number of anilines is 1. The number of pyridine rings is 1. The highest BCUT2D eigenvalue weighted by atomic mass is 127. The van der Waals surface area contributed by atoms with Crippen molar-refractivity contribution in [2.75, 3.05) is 5.32 Å². The number of nitriles is 1. The maximum absolute atomic E-state index is 8.74. The first-order valence-electron chi connectivity index (χ1n) is 5.12. The summed E-state index contributed by atoms with van der Waals surface area (Å²) in [6, 6.07) is 13.9. The molecule has 0 unspecified atom stereocenters. The fourth-order valence-electron chi connectivity index (χ4n) is 1.42. The number of nitrogens with one attached hydrogen (secondary N) is 1. The highest BCUT2D eigenvalue weighted by molar-refractivity contribution is 14.1. The van der Waals surface area contributed by atoms with Gasteiger partial charge in [-0.1, -0.05) is 0 Å². The third-order valence-corrected chi connectivity index (χ3v) is 3.00. The lowest BCUT2D eigenvalue weighted by molar-refractivity contribution is 1.12. The first-order valence-corrected chi connectivity index (χ1v) is 6.20. The van der Waals surface area contributed by atoms with Crippen LogP contribution in [0.1, 0.15) is 11.3 Å². The molecule has 0 fully saturated rings. The fourth-order valence-corrected chi connectivity index (χ4v) is 1.78. The molecule has 4 heteroatoms. The summed E-state index contributed by atoms with van der Waals surface area (Å²) in [6.07, 6.45) is 1.66. The summed E-state index contributed by atoms with van der Waals surface area (Å²) in [5, 5.41) is 12.0. The van der Waals surface area contributed by atoms with E-state index in [0.29, 0.717) is 12.2 Å². The molecule has 17 heavy (non-hydrogen) atoms. The lowest BCUT2D eigenvalue weighted by Gasteiger charge is -2.06. The standard InChI is InChI=1S/C13H10IN3/c14-11-1-3-12(4-2-11)17-9-10-5-6-16-13(7-10)8-15/h1-7,17H,9H2. The Labute approximate surface area is 114 Å². The van der Waals surface area contributed by atoms with E-state index in [0.717, 1.165) is 11.3 Å². The molecule has 0 aliphatic rings. The van der Waals surface area contributed by atoms with Crippen molar-refractivity contribution in [3.8, 4) is 6.07 Å². The van der Waals surface area contributed by atoms with Crippen LogP contribution in [0.4, 0.5) is 5.69 Å². The van der Waals surface area contributed by atoms with Crippen LogP contribution in [-0.4, -0.2) is 4.98 Å². The number of aromatic nitrogens is 1. The molecule has 2 rings (SSSR count). The SMILES string of the molecule is N#Cc1cc(CNc2ccc(I)cc2)ccn1. The zero-order valence-corrected chi connectivity index (χ0v) is 11.2. The maximum atomic E-state index is 8.74. The summed E-state index contributed by atoms with van der Waals surface area (Å²) in [4.78, 5) is 3.93. The van der Waals surface area contributed by atoms with Crippen LogP contribution in [0.5, 0.6) is 0 Å². The molecule has 84 valence electrons. The van der Waals surface area contributed by atoms with Gasteiger partial charge in [-0.15, -0.1) is 0 Å². The Morgan fingerprint density at radius 1 is 1.24 bits per heavy atom. The molecule has 0 radical (unpaired) electrons. The van der Waals surface area contributed by atoms with Crippen LogP contribution in [0.15, 0.2) is 42.6 Å². The molecular formula is C13H10IN3. The molecule has 0 bridgehead atoms. The van der Waals surface area contributed by atoms with Gasteiger partial charge in [0.1, 0.15) is 11.8 Å². The van der Waals surface area contributed by atoms with E-state index in [4.69, 9.17) is 5.26 Å². The third kappa shape index (κ3) is 3.43. The zero-order chi connectivity index (χ0) is 12.1. The average Bonchev–Trinajstić information content (AvgIpc) is 2.38. The van der Waals surface area contributed by atoms with E-state index < -0.39 is 0 Å². The molecule has 0 amide bonds. The smallest absolute Gasteiger partial charge is 0.140 e. The van der Waals surface area contributed by atoms with E-state index >= 15 is 0 Å². The van der Waals surface area contributed by atoms with E-state index in [1.54, 1.807) is 12.3 Å². The first kappa shape index (κ1) is 11.9. The van der Waals surface area contributed by atoms with Gasteiger partial charge in [0.05, 0.1) is 0 Å². The minimum Gasteiger partial charge on any atom is -0.381 e.